The molecule has 0 aliphatic carbocycles. The predicted molar refractivity (Wildman–Crippen MR) is 106 cm³/mol. The first-order valence-electron chi connectivity index (χ1n) is 8.98. The summed E-state index contributed by atoms with van der Waals surface area (Å²) in [5, 5.41) is 2.99. The van der Waals surface area contributed by atoms with Gasteiger partial charge in [0.2, 0.25) is 0 Å². The zero-order valence-corrected chi connectivity index (χ0v) is 15.5. The fourth-order valence-corrected chi connectivity index (χ4v) is 3.02. The zero-order chi connectivity index (χ0) is 18.5. The second-order valence-electron chi connectivity index (χ2n) is 6.79. The SMILES string of the molecule is C=C(C)Cn1c(CCCNC(=O)c2ccc(C)cc2)nc2ccccc21. The number of imidazole rings is 1. The quantitative estimate of drug-likeness (QED) is 0.512. The van der Waals surface area contributed by atoms with Gasteiger partial charge in [0.15, 0.2) is 0 Å². The largest absolute Gasteiger partial charge is 0.352 e. The molecule has 0 unspecified atom stereocenters. The molecule has 0 fully saturated rings. The van der Waals surface area contributed by atoms with E-state index in [1.165, 1.54) is 0 Å². The van der Waals surface area contributed by atoms with Crippen LogP contribution >= 0.6 is 0 Å². The maximum atomic E-state index is 12.2. The van der Waals surface area contributed by atoms with Gasteiger partial charge in [-0.15, -0.1) is 0 Å². The zero-order valence-electron chi connectivity index (χ0n) is 15.5. The molecule has 0 bridgehead atoms. The minimum Gasteiger partial charge on any atom is -0.352 e. The van der Waals surface area contributed by atoms with Gasteiger partial charge < -0.3 is 9.88 Å². The first kappa shape index (κ1) is 17.9. The third-order valence-electron chi connectivity index (χ3n) is 4.34. The normalized spacial score (nSPS) is 10.8. The highest BCUT2D eigenvalue weighted by Crippen LogP contribution is 2.18. The number of aromatic nitrogens is 2. The number of carbonyl (C=O) groups excluding carboxylic acids is 1. The number of benzene rings is 2. The van der Waals surface area contributed by atoms with Crippen molar-refractivity contribution < 1.29 is 4.79 Å². The molecule has 134 valence electrons. The van der Waals surface area contributed by atoms with Gasteiger partial charge in [-0.3, -0.25) is 4.79 Å². The molecular formula is C22H25N3O. The van der Waals surface area contributed by atoms with Crippen molar-refractivity contribution in [3.63, 3.8) is 0 Å². The van der Waals surface area contributed by atoms with E-state index in [1.807, 2.05) is 56.3 Å². The molecule has 1 heterocycles. The molecule has 26 heavy (non-hydrogen) atoms. The molecule has 3 rings (SSSR count). The maximum absolute atomic E-state index is 12.2. The van der Waals surface area contributed by atoms with Crippen LogP contribution in [0.25, 0.3) is 11.0 Å². The molecular weight excluding hydrogens is 322 g/mol. The van der Waals surface area contributed by atoms with E-state index in [9.17, 15) is 4.79 Å². The van der Waals surface area contributed by atoms with Crippen LogP contribution in [0.15, 0.2) is 60.7 Å². The molecule has 0 saturated carbocycles. The third-order valence-corrected chi connectivity index (χ3v) is 4.34. The molecule has 0 aliphatic heterocycles. The van der Waals surface area contributed by atoms with Crippen LogP contribution in [0.5, 0.6) is 0 Å². The minimum atomic E-state index is -0.0274. The molecule has 1 amide bonds. The van der Waals surface area contributed by atoms with Crippen molar-refractivity contribution >= 4 is 16.9 Å². The number of fused-ring (bicyclic) bond motifs is 1. The molecule has 0 spiro atoms. The monoisotopic (exact) mass is 347 g/mol. The number of amides is 1. The second-order valence-corrected chi connectivity index (χ2v) is 6.79. The van der Waals surface area contributed by atoms with Gasteiger partial charge in [0.25, 0.3) is 5.91 Å². The topological polar surface area (TPSA) is 46.9 Å². The van der Waals surface area contributed by atoms with Gasteiger partial charge in [-0.2, -0.15) is 0 Å². The van der Waals surface area contributed by atoms with E-state index in [4.69, 9.17) is 4.98 Å². The van der Waals surface area contributed by atoms with E-state index in [2.05, 4.69) is 22.5 Å². The highest BCUT2D eigenvalue weighted by molar-refractivity contribution is 5.94. The van der Waals surface area contributed by atoms with Gasteiger partial charge in [0.1, 0.15) is 5.82 Å². The van der Waals surface area contributed by atoms with Crippen molar-refractivity contribution in [2.75, 3.05) is 6.54 Å². The standard InChI is InChI=1S/C22H25N3O/c1-16(2)15-25-20-8-5-4-7-19(20)24-21(25)9-6-14-23-22(26)18-12-10-17(3)11-13-18/h4-5,7-8,10-13H,1,6,9,14-15H2,2-3H3,(H,23,26). The molecule has 1 aromatic heterocycles. The van der Waals surface area contributed by atoms with Gasteiger partial charge in [-0.25, -0.2) is 4.98 Å². The fraction of sp³-hybridized carbons (Fsp3) is 0.273. The maximum Gasteiger partial charge on any atom is 0.251 e. The van der Waals surface area contributed by atoms with Gasteiger partial charge in [0.05, 0.1) is 11.0 Å². The highest BCUT2D eigenvalue weighted by atomic mass is 16.1. The molecule has 3 aromatic rings. The van der Waals surface area contributed by atoms with Crippen LogP contribution < -0.4 is 5.32 Å². The lowest BCUT2D eigenvalue weighted by Crippen LogP contribution is -2.25. The lowest BCUT2D eigenvalue weighted by Gasteiger charge is -2.09. The van der Waals surface area contributed by atoms with E-state index in [1.54, 1.807) is 0 Å². The second kappa shape index (κ2) is 8.00. The summed E-state index contributed by atoms with van der Waals surface area (Å²) in [6, 6.07) is 15.8. The van der Waals surface area contributed by atoms with Crippen LogP contribution in [-0.2, 0) is 13.0 Å². The summed E-state index contributed by atoms with van der Waals surface area (Å²) in [5.74, 6) is 1.01. The highest BCUT2D eigenvalue weighted by Gasteiger charge is 2.10. The van der Waals surface area contributed by atoms with Gasteiger partial charge in [0, 0.05) is 25.1 Å². The van der Waals surface area contributed by atoms with E-state index in [0.29, 0.717) is 12.1 Å². The molecule has 0 aliphatic rings. The molecule has 4 nitrogen and oxygen atoms in total. The van der Waals surface area contributed by atoms with Crippen LogP contribution in [0.2, 0.25) is 0 Å². The van der Waals surface area contributed by atoms with Gasteiger partial charge in [-0.1, -0.05) is 42.0 Å². The van der Waals surface area contributed by atoms with Crippen molar-refractivity contribution in [2.24, 2.45) is 0 Å². The van der Waals surface area contributed by atoms with Crippen LogP contribution in [0.3, 0.4) is 0 Å². The van der Waals surface area contributed by atoms with E-state index in [-0.39, 0.29) is 5.91 Å². The summed E-state index contributed by atoms with van der Waals surface area (Å²) in [5.41, 5.74) is 5.09. The van der Waals surface area contributed by atoms with E-state index >= 15 is 0 Å². The number of para-hydroxylation sites is 2. The Morgan fingerprint density at radius 3 is 2.62 bits per heavy atom. The lowest BCUT2D eigenvalue weighted by molar-refractivity contribution is 0.0953. The Labute approximate surface area is 154 Å². The molecule has 0 atom stereocenters. The fourth-order valence-electron chi connectivity index (χ4n) is 3.02. The molecule has 0 saturated heterocycles. The number of aryl methyl sites for hydroxylation is 2. The number of hydrogen-bond acceptors (Lipinski definition) is 2. The number of rotatable bonds is 7. The molecule has 1 N–H and O–H groups in total. The Kier molecular flexibility index (Phi) is 5.52. The number of carbonyl (C=O) groups is 1. The van der Waals surface area contributed by atoms with Crippen LogP contribution in [-0.4, -0.2) is 22.0 Å². The summed E-state index contributed by atoms with van der Waals surface area (Å²) < 4.78 is 2.22. The summed E-state index contributed by atoms with van der Waals surface area (Å²) in [6.07, 6.45) is 1.66. The Hall–Kier alpha value is -2.88. The predicted octanol–water partition coefficient (Wildman–Crippen LogP) is 4.28. The van der Waals surface area contributed by atoms with Crippen LogP contribution in [0.4, 0.5) is 0 Å². The molecule has 0 radical (unpaired) electrons. The minimum absolute atomic E-state index is 0.0274. The number of nitrogens with zero attached hydrogens (tertiary/aromatic N) is 2. The Balaban J connectivity index is 1.61. The number of hydrogen-bond donors (Lipinski definition) is 1. The van der Waals surface area contributed by atoms with Crippen molar-refractivity contribution in [1.82, 2.24) is 14.9 Å². The average molecular weight is 347 g/mol. The average Bonchev–Trinajstić information content (AvgIpc) is 2.96. The summed E-state index contributed by atoms with van der Waals surface area (Å²) >= 11 is 0. The van der Waals surface area contributed by atoms with Crippen molar-refractivity contribution in [3.05, 3.63) is 77.6 Å². The lowest BCUT2D eigenvalue weighted by atomic mass is 10.1. The molecule has 2 aromatic carbocycles. The Bertz CT molecular complexity index is 922. The molecule has 4 heteroatoms. The van der Waals surface area contributed by atoms with Gasteiger partial charge >= 0.3 is 0 Å². The van der Waals surface area contributed by atoms with Crippen LogP contribution in [0, 0.1) is 6.92 Å². The number of allylic oxidation sites excluding steroid dienone is 1. The van der Waals surface area contributed by atoms with Crippen molar-refractivity contribution in [2.45, 2.75) is 33.2 Å². The van der Waals surface area contributed by atoms with Gasteiger partial charge in [-0.05, 0) is 44.5 Å². The number of nitrogens with one attached hydrogen (secondary N) is 1. The first-order valence-corrected chi connectivity index (χ1v) is 8.98. The summed E-state index contributed by atoms with van der Waals surface area (Å²) in [4.78, 5) is 16.9. The third kappa shape index (κ3) is 4.20. The Morgan fingerprint density at radius 1 is 1.15 bits per heavy atom. The summed E-state index contributed by atoms with van der Waals surface area (Å²) in [6.45, 7) is 9.47. The summed E-state index contributed by atoms with van der Waals surface area (Å²) in [7, 11) is 0. The van der Waals surface area contributed by atoms with Crippen molar-refractivity contribution in [1.29, 1.82) is 0 Å². The van der Waals surface area contributed by atoms with E-state index in [0.717, 1.165) is 47.4 Å². The van der Waals surface area contributed by atoms with Crippen LogP contribution in [0.1, 0.15) is 35.1 Å². The van der Waals surface area contributed by atoms with E-state index < -0.39 is 0 Å². The smallest absolute Gasteiger partial charge is 0.251 e. The Morgan fingerprint density at radius 2 is 1.88 bits per heavy atom. The first-order chi connectivity index (χ1) is 12.5. The van der Waals surface area contributed by atoms with Crippen molar-refractivity contribution in [3.8, 4) is 0 Å².